The average molecular weight is 253 g/mol. The van der Waals surface area contributed by atoms with Gasteiger partial charge in [-0.25, -0.2) is 4.98 Å². The average Bonchev–Trinajstić information content (AvgIpc) is 2.60. The number of imidazole rings is 1. The van der Waals surface area contributed by atoms with Crippen LogP contribution in [0.4, 0.5) is 5.95 Å². The fraction of sp³-hybridized carbons (Fsp3) is 0.364. The van der Waals surface area contributed by atoms with Crippen LogP contribution in [0.3, 0.4) is 0 Å². The van der Waals surface area contributed by atoms with Crippen molar-refractivity contribution in [2.75, 3.05) is 24.9 Å². The van der Waals surface area contributed by atoms with E-state index in [1.807, 2.05) is 22.8 Å². The zero-order valence-corrected chi connectivity index (χ0v) is 10.7. The monoisotopic (exact) mass is 253 g/mol. The molecule has 92 valence electrons. The Hall–Kier alpha value is -1.56. The topological polar surface area (TPSA) is 70.1 Å². The molecule has 6 heteroatoms. The van der Waals surface area contributed by atoms with E-state index < -0.39 is 10.8 Å². The van der Waals surface area contributed by atoms with Gasteiger partial charge in [-0.15, -0.1) is 0 Å². The molecule has 0 spiro atoms. The van der Waals surface area contributed by atoms with Crippen molar-refractivity contribution in [1.29, 1.82) is 0 Å². The van der Waals surface area contributed by atoms with Crippen molar-refractivity contribution in [2.45, 2.75) is 6.54 Å². The van der Waals surface area contributed by atoms with E-state index in [0.717, 1.165) is 16.8 Å². The summed E-state index contributed by atoms with van der Waals surface area (Å²) in [5, 5.41) is 0. The number of anilines is 1. The molecular formula is C11H15N3O2S. The van der Waals surface area contributed by atoms with Gasteiger partial charge in [-0.05, 0) is 12.1 Å². The maximum Gasteiger partial charge on any atom is 0.201 e. The number of methoxy groups -OCH3 is 1. The molecule has 1 aromatic heterocycles. The molecule has 0 aliphatic heterocycles. The lowest BCUT2D eigenvalue weighted by molar-refractivity contribution is 0.415. The third-order valence-corrected chi connectivity index (χ3v) is 3.34. The summed E-state index contributed by atoms with van der Waals surface area (Å²) < 4.78 is 18.1. The molecule has 0 saturated heterocycles. The van der Waals surface area contributed by atoms with Crippen LogP contribution in [-0.4, -0.2) is 32.9 Å². The van der Waals surface area contributed by atoms with Gasteiger partial charge in [0.1, 0.15) is 5.75 Å². The lowest BCUT2D eigenvalue weighted by Crippen LogP contribution is -2.09. The van der Waals surface area contributed by atoms with Crippen LogP contribution >= 0.6 is 0 Å². The lowest BCUT2D eigenvalue weighted by Gasteiger charge is -2.05. The van der Waals surface area contributed by atoms with Crippen LogP contribution in [-0.2, 0) is 17.3 Å². The normalized spacial score (nSPS) is 12.8. The van der Waals surface area contributed by atoms with Gasteiger partial charge >= 0.3 is 0 Å². The number of nitrogen functional groups attached to an aromatic ring is 1. The number of hydrogen-bond acceptors (Lipinski definition) is 4. The number of fused-ring (bicyclic) bond motifs is 1. The molecule has 17 heavy (non-hydrogen) atoms. The van der Waals surface area contributed by atoms with Gasteiger partial charge in [0.05, 0.1) is 18.1 Å². The van der Waals surface area contributed by atoms with Crippen LogP contribution in [0.15, 0.2) is 18.2 Å². The van der Waals surface area contributed by atoms with Crippen molar-refractivity contribution >= 4 is 27.8 Å². The summed E-state index contributed by atoms with van der Waals surface area (Å²) in [4.78, 5) is 4.26. The van der Waals surface area contributed by atoms with Crippen molar-refractivity contribution < 1.29 is 8.95 Å². The Balaban J connectivity index is 2.41. The van der Waals surface area contributed by atoms with Crippen LogP contribution < -0.4 is 10.5 Å². The molecule has 0 aliphatic carbocycles. The summed E-state index contributed by atoms with van der Waals surface area (Å²) in [7, 11) is 0.777. The SMILES string of the molecule is COc1ccc2c(c1)nc(N)n2CCS(C)=O. The van der Waals surface area contributed by atoms with Crippen LogP contribution in [0.5, 0.6) is 5.75 Å². The van der Waals surface area contributed by atoms with E-state index in [0.29, 0.717) is 18.2 Å². The number of nitrogens with two attached hydrogens (primary N) is 1. The molecule has 0 aliphatic rings. The predicted molar refractivity (Wildman–Crippen MR) is 69.6 cm³/mol. The minimum Gasteiger partial charge on any atom is -0.497 e. The van der Waals surface area contributed by atoms with E-state index in [4.69, 9.17) is 10.5 Å². The van der Waals surface area contributed by atoms with Crippen molar-refractivity contribution in [2.24, 2.45) is 0 Å². The number of aryl methyl sites for hydroxylation is 1. The molecule has 2 N–H and O–H groups in total. The van der Waals surface area contributed by atoms with Gasteiger partial charge in [-0.3, -0.25) is 4.21 Å². The molecule has 1 aromatic carbocycles. The maximum atomic E-state index is 11.1. The van der Waals surface area contributed by atoms with Crippen LogP contribution in [0.25, 0.3) is 11.0 Å². The summed E-state index contributed by atoms with van der Waals surface area (Å²) in [5.74, 6) is 1.77. The molecule has 0 bridgehead atoms. The Morgan fingerprint density at radius 3 is 2.94 bits per heavy atom. The van der Waals surface area contributed by atoms with Gasteiger partial charge in [-0.2, -0.15) is 0 Å². The number of ether oxygens (including phenoxy) is 1. The fourth-order valence-electron chi connectivity index (χ4n) is 1.71. The predicted octanol–water partition coefficient (Wildman–Crippen LogP) is 1.01. The Morgan fingerprint density at radius 1 is 1.53 bits per heavy atom. The highest BCUT2D eigenvalue weighted by Gasteiger charge is 2.09. The Morgan fingerprint density at radius 2 is 2.29 bits per heavy atom. The molecule has 2 rings (SSSR count). The first-order valence-corrected chi connectivity index (χ1v) is 6.94. The number of aromatic nitrogens is 2. The Labute approximate surface area is 102 Å². The summed E-state index contributed by atoms with van der Waals surface area (Å²) in [6.07, 6.45) is 1.68. The van der Waals surface area contributed by atoms with Gasteiger partial charge < -0.3 is 15.0 Å². The summed E-state index contributed by atoms with van der Waals surface area (Å²) >= 11 is 0. The van der Waals surface area contributed by atoms with E-state index in [2.05, 4.69) is 4.98 Å². The lowest BCUT2D eigenvalue weighted by atomic mass is 10.3. The molecule has 0 fully saturated rings. The fourth-order valence-corrected chi connectivity index (χ4v) is 2.15. The molecule has 2 aromatic rings. The number of benzene rings is 1. The third-order valence-electron chi connectivity index (χ3n) is 2.59. The van der Waals surface area contributed by atoms with E-state index in [1.54, 1.807) is 13.4 Å². The van der Waals surface area contributed by atoms with Crippen molar-refractivity contribution in [3.05, 3.63) is 18.2 Å². The van der Waals surface area contributed by atoms with Gasteiger partial charge in [0.25, 0.3) is 0 Å². The first-order valence-electron chi connectivity index (χ1n) is 5.21. The Kier molecular flexibility index (Phi) is 3.33. The second-order valence-electron chi connectivity index (χ2n) is 3.75. The first kappa shape index (κ1) is 11.9. The van der Waals surface area contributed by atoms with Gasteiger partial charge in [-0.1, -0.05) is 0 Å². The number of rotatable bonds is 4. The zero-order valence-electron chi connectivity index (χ0n) is 9.84. The minimum absolute atomic E-state index is 0.443. The molecule has 5 nitrogen and oxygen atoms in total. The first-order chi connectivity index (χ1) is 8.11. The van der Waals surface area contributed by atoms with Crippen LogP contribution in [0, 0.1) is 0 Å². The summed E-state index contributed by atoms with van der Waals surface area (Å²) in [5.41, 5.74) is 7.58. The third kappa shape index (κ3) is 2.41. The molecule has 0 amide bonds. The maximum absolute atomic E-state index is 11.1. The number of hydrogen-bond donors (Lipinski definition) is 1. The molecule has 0 saturated carbocycles. The Bertz CT molecular complexity index is 565. The highest BCUT2D eigenvalue weighted by Crippen LogP contribution is 2.22. The van der Waals surface area contributed by atoms with E-state index in [1.165, 1.54) is 0 Å². The quantitative estimate of drug-likeness (QED) is 0.882. The molecule has 1 atom stereocenters. The van der Waals surface area contributed by atoms with Crippen LogP contribution in [0.2, 0.25) is 0 Å². The van der Waals surface area contributed by atoms with Crippen molar-refractivity contribution in [3.8, 4) is 5.75 Å². The zero-order chi connectivity index (χ0) is 12.4. The van der Waals surface area contributed by atoms with E-state index in [-0.39, 0.29) is 0 Å². The van der Waals surface area contributed by atoms with Gasteiger partial charge in [0.15, 0.2) is 0 Å². The highest BCUT2D eigenvalue weighted by atomic mass is 32.2. The second-order valence-corrected chi connectivity index (χ2v) is 5.31. The second kappa shape index (κ2) is 4.75. The van der Waals surface area contributed by atoms with Crippen LogP contribution in [0.1, 0.15) is 0 Å². The molecule has 1 heterocycles. The smallest absolute Gasteiger partial charge is 0.201 e. The van der Waals surface area contributed by atoms with Crippen molar-refractivity contribution in [3.63, 3.8) is 0 Å². The standard InChI is InChI=1S/C11H15N3O2S/c1-16-8-3-4-10-9(7-8)13-11(12)14(10)5-6-17(2)15/h3-4,7H,5-6H2,1-2H3,(H2,12,13). The molecule has 0 radical (unpaired) electrons. The van der Waals surface area contributed by atoms with E-state index in [9.17, 15) is 4.21 Å². The molecule has 1 unspecified atom stereocenters. The summed E-state index contributed by atoms with van der Waals surface area (Å²) in [6, 6.07) is 5.62. The molecular weight excluding hydrogens is 238 g/mol. The van der Waals surface area contributed by atoms with Gasteiger partial charge in [0.2, 0.25) is 5.95 Å². The highest BCUT2D eigenvalue weighted by molar-refractivity contribution is 7.84. The van der Waals surface area contributed by atoms with Crippen molar-refractivity contribution in [1.82, 2.24) is 9.55 Å². The summed E-state index contributed by atoms with van der Waals surface area (Å²) in [6.45, 7) is 0.609. The van der Waals surface area contributed by atoms with E-state index >= 15 is 0 Å². The van der Waals surface area contributed by atoms with Gasteiger partial charge in [0, 0.05) is 35.4 Å². The largest absolute Gasteiger partial charge is 0.497 e. The number of nitrogens with zero attached hydrogens (tertiary/aromatic N) is 2. The minimum atomic E-state index is -0.836.